The standard InChI is InChI=1S/C16H24N2O2S/c19-15(13-8-11-3-4-12(13)7-11)18-10-21-9-14(18)16(20)17-5-1-2-6-17/h11-14H,1-10H2. The van der Waals surface area contributed by atoms with E-state index in [1.807, 2.05) is 9.80 Å². The Morgan fingerprint density at radius 1 is 1.00 bits per heavy atom. The van der Waals surface area contributed by atoms with Crippen LogP contribution in [0.2, 0.25) is 0 Å². The summed E-state index contributed by atoms with van der Waals surface area (Å²) in [5.41, 5.74) is 0. The van der Waals surface area contributed by atoms with Crippen molar-refractivity contribution in [2.45, 2.75) is 44.6 Å². The lowest BCUT2D eigenvalue weighted by Crippen LogP contribution is -2.50. The molecule has 2 saturated heterocycles. The van der Waals surface area contributed by atoms with Gasteiger partial charge < -0.3 is 9.80 Å². The first-order chi connectivity index (χ1) is 10.2. The van der Waals surface area contributed by atoms with Crippen molar-refractivity contribution in [3.8, 4) is 0 Å². The lowest BCUT2D eigenvalue weighted by atomic mass is 9.87. The first kappa shape index (κ1) is 13.9. The Morgan fingerprint density at radius 2 is 1.81 bits per heavy atom. The molecule has 0 aromatic carbocycles. The Bertz CT molecular complexity index is 450. The number of hydrogen-bond acceptors (Lipinski definition) is 3. The van der Waals surface area contributed by atoms with Gasteiger partial charge in [0.15, 0.2) is 0 Å². The van der Waals surface area contributed by atoms with E-state index in [1.54, 1.807) is 11.8 Å². The first-order valence-corrected chi connectivity index (χ1v) is 9.56. The van der Waals surface area contributed by atoms with Gasteiger partial charge in [-0.3, -0.25) is 9.59 Å². The maximum Gasteiger partial charge on any atom is 0.246 e. The molecule has 2 saturated carbocycles. The van der Waals surface area contributed by atoms with Crippen LogP contribution in [0.25, 0.3) is 0 Å². The van der Waals surface area contributed by atoms with E-state index >= 15 is 0 Å². The van der Waals surface area contributed by atoms with Crippen molar-refractivity contribution in [1.82, 2.24) is 9.80 Å². The van der Waals surface area contributed by atoms with Gasteiger partial charge in [0.05, 0.1) is 5.88 Å². The van der Waals surface area contributed by atoms with Gasteiger partial charge in [-0.15, -0.1) is 11.8 Å². The van der Waals surface area contributed by atoms with Crippen molar-refractivity contribution < 1.29 is 9.59 Å². The molecule has 4 fully saturated rings. The van der Waals surface area contributed by atoms with Crippen LogP contribution in [0.3, 0.4) is 0 Å². The zero-order valence-electron chi connectivity index (χ0n) is 12.5. The number of rotatable bonds is 2. The molecule has 4 unspecified atom stereocenters. The predicted octanol–water partition coefficient (Wildman–Crippen LogP) is 1.95. The third kappa shape index (κ3) is 2.37. The Balaban J connectivity index is 1.45. The van der Waals surface area contributed by atoms with Crippen LogP contribution in [0.5, 0.6) is 0 Å². The highest BCUT2D eigenvalue weighted by atomic mass is 32.2. The summed E-state index contributed by atoms with van der Waals surface area (Å²) in [5.74, 6) is 3.61. The number of carbonyl (C=O) groups is 2. The molecule has 4 rings (SSSR count). The number of likely N-dealkylation sites (tertiary alicyclic amines) is 1. The number of amides is 2. The van der Waals surface area contributed by atoms with Crippen molar-refractivity contribution in [3.63, 3.8) is 0 Å². The van der Waals surface area contributed by atoms with Crippen LogP contribution >= 0.6 is 11.8 Å². The number of fused-ring (bicyclic) bond motifs is 2. The molecule has 116 valence electrons. The van der Waals surface area contributed by atoms with Crippen LogP contribution in [-0.4, -0.2) is 52.4 Å². The topological polar surface area (TPSA) is 40.6 Å². The van der Waals surface area contributed by atoms with Gasteiger partial charge in [0.2, 0.25) is 11.8 Å². The van der Waals surface area contributed by atoms with Crippen molar-refractivity contribution in [1.29, 1.82) is 0 Å². The molecule has 0 spiro atoms. The summed E-state index contributed by atoms with van der Waals surface area (Å²) in [6.45, 7) is 1.77. The van der Waals surface area contributed by atoms with Crippen molar-refractivity contribution >= 4 is 23.6 Å². The fourth-order valence-electron chi connectivity index (χ4n) is 4.77. The smallest absolute Gasteiger partial charge is 0.246 e. The summed E-state index contributed by atoms with van der Waals surface area (Å²) < 4.78 is 0. The molecule has 5 heteroatoms. The largest absolute Gasteiger partial charge is 0.341 e. The normalized spacial score (nSPS) is 38.5. The SMILES string of the molecule is O=C(C1CSCN1C(=O)C1CC2CCC1C2)N1CCCC1. The van der Waals surface area contributed by atoms with Crippen molar-refractivity contribution in [3.05, 3.63) is 0 Å². The molecule has 2 bridgehead atoms. The fraction of sp³-hybridized carbons (Fsp3) is 0.875. The highest BCUT2D eigenvalue weighted by molar-refractivity contribution is 7.99. The molecule has 2 aliphatic carbocycles. The molecule has 0 aromatic heterocycles. The monoisotopic (exact) mass is 308 g/mol. The molecule has 4 nitrogen and oxygen atoms in total. The zero-order valence-corrected chi connectivity index (χ0v) is 13.3. The quantitative estimate of drug-likeness (QED) is 0.783. The van der Waals surface area contributed by atoms with Gasteiger partial charge in [-0.05, 0) is 43.9 Å². The maximum atomic E-state index is 12.9. The molecule has 0 N–H and O–H groups in total. The Hall–Kier alpha value is -0.710. The van der Waals surface area contributed by atoms with Crippen molar-refractivity contribution in [2.24, 2.45) is 17.8 Å². The second-order valence-corrected chi connectivity index (χ2v) is 8.14. The van der Waals surface area contributed by atoms with E-state index in [0.717, 1.165) is 49.9 Å². The summed E-state index contributed by atoms with van der Waals surface area (Å²) in [6, 6.07) is -0.181. The Labute approximate surface area is 130 Å². The average Bonchev–Trinajstić information content (AvgIpc) is 3.29. The van der Waals surface area contributed by atoms with Crippen LogP contribution in [0.4, 0.5) is 0 Å². The number of hydrogen-bond donors (Lipinski definition) is 0. The lowest BCUT2D eigenvalue weighted by molar-refractivity contribution is -0.146. The van der Waals surface area contributed by atoms with E-state index in [2.05, 4.69) is 0 Å². The first-order valence-electron chi connectivity index (χ1n) is 8.41. The van der Waals surface area contributed by atoms with Crippen LogP contribution in [0.15, 0.2) is 0 Å². The molecule has 2 amide bonds. The highest BCUT2D eigenvalue weighted by Gasteiger charge is 2.47. The molecule has 21 heavy (non-hydrogen) atoms. The minimum atomic E-state index is -0.181. The third-order valence-corrected chi connectivity index (χ3v) is 6.94. The van der Waals surface area contributed by atoms with E-state index in [1.165, 1.54) is 19.3 Å². The van der Waals surface area contributed by atoms with E-state index in [9.17, 15) is 9.59 Å². The second kappa shape index (κ2) is 5.49. The van der Waals surface area contributed by atoms with E-state index < -0.39 is 0 Å². The lowest BCUT2D eigenvalue weighted by Gasteiger charge is -2.31. The van der Waals surface area contributed by atoms with Crippen LogP contribution in [0.1, 0.15) is 38.5 Å². The van der Waals surface area contributed by atoms with Gasteiger partial charge in [-0.1, -0.05) is 6.42 Å². The summed E-state index contributed by atoms with van der Waals surface area (Å²) >= 11 is 1.74. The molecule has 2 aliphatic heterocycles. The van der Waals surface area contributed by atoms with Gasteiger partial charge in [0.1, 0.15) is 6.04 Å². The zero-order chi connectivity index (χ0) is 14.4. The number of thioether (sulfide) groups is 1. The molecular weight excluding hydrogens is 284 g/mol. The van der Waals surface area contributed by atoms with Gasteiger partial charge >= 0.3 is 0 Å². The number of nitrogens with zero attached hydrogens (tertiary/aromatic N) is 2. The maximum absolute atomic E-state index is 12.9. The Morgan fingerprint density at radius 3 is 2.48 bits per heavy atom. The van der Waals surface area contributed by atoms with Gasteiger partial charge in [-0.2, -0.15) is 0 Å². The van der Waals surface area contributed by atoms with Gasteiger partial charge in [0.25, 0.3) is 0 Å². The number of carbonyl (C=O) groups excluding carboxylic acids is 2. The van der Waals surface area contributed by atoms with Crippen LogP contribution in [0, 0.1) is 17.8 Å². The molecule has 0 radical (unpaired) electrons. The summed E-state index contributed by atoms with van der Waals surface area (Å²) in [6.07, 6.45) is 7.11. The molecule has 4 atom stereocenters. The second-order valence-electron chi connectivity index (χ2n) is 7.14. The summed E-state index contributed by atoms with van der Waals surface area (Å²) in [7, 11) is 0. The minimum Gasteiger partial charge on any atom is -0.341 e. The average molecular weight is 308 g/mol. The highest BCUT2D eigenvalue weighted by Crippen LogP contribution is 2.49. The predicted molar refractivity (Wildman–Crippen MR) is 82.7 cm³/mol. The van der Waals surface area contributed by atoms with E-state index in [-0.39, 0.29) is 23.8 Å². The van der Waals surface area contributed by atoms with E-state index in [4.69, 9.17) is 0 Å². The van der Waals surface area contributed by atoms with Crippen LogP contribution in [-0.2, 0) is 9.59 Å². The molecule has 2 heterocycles. The minimum absolute atomic E-state index is 0.181. The summed E-state index contributed by atoms with van der Waals surface area (Å²) in [4.78, 5) is 29.4. The Kier molecular flexibility index (Phi) is 3.64. The molecular formula is C16H24N2O2S. The van der Waals surface area contributed by atoms with Crippen molar-refractivity contribution in [2.75, 3.05) is 24.7 Å². The third-order valence-electron chi connectivity index (χ3n) is 5.92. The van der Waals surface area contributed by atoms with E-state index in [0.29, 0.717) is 5.92 Å². The summed E-state index contributed by atoms with van der Waals surface area (Å²) in [5, 5.41) is 0. The van der Waals surface area contributed by atoms with Gasteiger partial charge in [-0.25, -0.2) is 0 Å². The van der Waals surface area contributed by atoms with Gasteiger partial charge in [0, 0.05) is 24.8 Å². The molecule has 4 aliphatic rings. The molecule has 0 aromatic rings. The fourth-order valence-corrected chi connectivity index (χ4v) is 5.93. The van der Waals surface area contributed by atoms with Crippen LogP contribution < -0.4 is 0 Å².